The second-order valence-electron chi connectivity index (χ2n) is 10.7. The van der Waals surface area contributed by atoms with Crippen molar-refractivity contribution in [2.75, 3.05) is 13.2 Å². The largest absolute Gasteiger partial charge is 0.444 e. The molecule has 0 radical (unpaired) electrons. The van der Waals surface area contributed by atoms with Gasteiger partial charge in [-0.05, 0) is 58.1 Å². The van der Waals surface area contributed by atoms with Gasteiger partial charge in [0.2, 0.25) is 11.8 Å². The maximum absolute atomic E-state index is 13.8. The van der Waals surface area contributed by atoms with Crippen molar-refractivity contribution < 1.29 is 24.2 Å². The molecule has 0 spiro atoms. The van der Waals surface area contributed by atoms with Crippen LogP contribution in [0.15, 0.2) is 24.3 Å². The lowest BCUT2D eigenvalue weighted by atomic mass is 9.93. The summed E-state index contributed by atoms with van der Waals surface area (Å²) in [6.07, 6.45) is 6.92. The first kappa shape index (κ1) is 29.6. The van der Waals surface area contributed by atoms with E-state index in [1.165, 1.54) is 11.3 Å². The second-order valence-corrected chi connectivity index (χ2v) is 10.7. The van der Waals surface area contributed by atoms with E-state index < -0.39 is 36.3 Å². The molecule has 202 valence electrons. The quantitative estimate of drug-likeness (QED) is 0.388. The summed E-state index contributed by atoms with van der Waals surface area (Å²) in [4.78, 5) is 41.5. The van der Waals surface area contributed by atoms with Gasteiger partial charge in [0, 0.05) is 12.6 Å². The highest BCUT2D eigenvalue weighted by Crippen LogP contribution is 2.27. The van der Waals surface area contributed by atoms with Crippen molar-refractivity contribution in [3.8, 4) is 0 Å². The molecule has 1 aromatic rings. The highest BCUT2D eigenvalue weighted by atomic mass is 16.6. The van der Waals surface area contributed by atoms with Crippen molar-refractivity contribution in [3.05, 3.63) is 35.4 Å². The van der Waals surface area contributed by atoms with Gasteiger partial charge in [-0.1, -0.05) is 63.3 Å². The third-order valence-corrected chi connectivity index (χ3v) is 6.45. The molecule has 1 saturated carbocycles. The number of aryl methyl sites for hydroxylation is 1. The number of hydrogen-bond acceptors (Lipinski definition) is 5. The van der Waals surface area contributed by atoms with Crippen LogP contribution in [0.4, 0.5) is 4.79 Å². The number of hydrogen-bond donors (Lipinski definition) is 3. The number of amides is 3. The number of carbonyl (C=O) groups excluding carboxylic acids is 3. The number of nitrogens with zero attached hydrogens (tertiary/aromatic N) is 1. The maximum atomic E-state index is 13.8. The molecule has 2 unspecified atom stereocenters. The first-order valence-corrected chi connectivity index (χ1v) is 13.3. The summed E-state index contributed by atoms with van der Waals surface area (Å²) < 4.78 is 5.30. The van der Waals surface area contributed by atoms with Gasteiger partial charge in [0.1, 0.15) is 17.7 Å². The number of aliphatic hydroxyl groups excluding tert-OH is 1. The van der Waals surface area contributed by atoms with E-state index in [9.17, 15) is 19.5 Å². The fourth-order valence-electron chi connectivity index (χ4n) is 4.61. The van der Waals surface area contributed by atoms with Crippen LogP contribution in [0.25, 0.3) is 0 Å². The van der Waals surface area contributed by atoms with Crippen LogP contribution in [0, 0.1) is 6.92 Å². The average molecular weight is 504 g/mol. The van der Waals surface area contributed by atoms with Crippen LogP contribution in [0.1, 0.15) is 96.2 Å². The standard InChI is InChI=1S/C28H45N3O5/c1-6-7-13-18-31(26(34)23(19-32)30-27(35)36-28(3,4)5)24(22-17-12-11-14-20(22)2)25(33)29-21-15-9-8-10-16-21/h11-12,14,17,21,23-24,32H,6-10,13,15-16,18-19H2,1-5H3,(H,29,33)(H,30,35). The lowest BCUT2D eigenvalue weighted by Crippen LogP contribution is -2.55. The Bertz CT molecular complexity index is 861. The molecule has 1 aliphatic carbocycles. The Balaban J connectivity index is 2.40. The van der Waals surface area contributed by atoms with Gasteiger partial charge in [0.15, 0.2) is 0 Å². The number of alkyl carbamates (subject to hydrolysis) is 1. The summed E-state index contributed by atoms with van der Waals surface area (Å²) in [6.45, 7) is 8.90. The monoisotopic (exact) mass is 503 g/mol. The molecular formula is C28H45N3O5. The molecule has 2 rings (SSSR count). The average Bonchev–Trinajstić information content (AvgIpc) is 2.82. The molecule has 0 aliphatic heterocycles. The van der Waals surface area contributed by atoms with Crippen LogP contribution in [0.2, 0.25) is 0 Å². The van der Waals surface area contributed by atoms with Gasteiger partial charge in [-0.25, -0.2) is 4.79 Å². The van der Waals surface area contributed by atoms with Gasteiger partial charge in [-0.3, -0.25) is 9.59 Å². The Kier molecular flexibility index (Phi) is 11.7. The molecule has 1 aromatic carbocycles. The molecule has 36 heavy (non-hydrogen) atoms. The minimum absolute atomic E-state index is 0.0823. The Morgan fingerprint density at radius 3 is 2.36 bits per heavy atom. The molecule has 3 N–H and O–H groups in total. The van der Waals surface area contributed by atoms with Crippen LogP contribution >= 0.6 is 0 Å². The van der Waals surface area contributed by atoms with Crippen LogP contribution in [0.3, 0.4) is 0 Å². The number of nitrogens with one attached hydrogen (secondary N) is 2. The van der Waals surface area contributed by atoms with Crippen molar-refractivity contribution in [1.82, 2.24) is 15.5 Å². The van der Waals surface area contributed by atoms with Gasteiger partial charge in [0.05, 0.1) is 6.61 Å². The Hall–Kier alpha value is -2.61. The Morgan fingerprint density at radius 2 is 1.78 bits per heavy atom. The molecule has 8 heteroatoms. The third kappa shape index (κ3) is 9.12. The number of carbonyl (C=O) groups is 3. The van der Waals surface area contributed by atoms with Gasteiger partial charge >= 0.3 is 6.09 Å². The summed E-state index contributed by atoms with van der Waals surface area (Å²) in [5.74, 6) is -0.735. The molecule has 1 fully saturated rings. The van der Waals surface area contributed by atoms with Crippen molar-refractivity contribution >= 4 is 17.9 Å². The Morgan fingerprint density at radius 1 is 1.11 bits per heavy atom. The van der Waals surface area contributed by atoms with Crippen molar-refractivity contribution in [1.29, 1.82) is 0 Å². The summed E-state index contributed by atoms with van der Waals surface area (Å²) in [6, 6.07) is 5.55. The van der Waals surface area contributed by atoms with E-state index in [0.717, 1.165) is 49.7 Å². The van der Waals surface area contributed by atoms with Gasteiger partial charge in [-0.15, -0.1) is 0 Å². The smallest absolute Gasteiger partial charge is 0.408 e. The SMILES string of the molecule is CCCCCN(C(=O)C(CO)NC(=O)OC(C)(C)C)C(C(=O)NC1CCCCC1)c1ccccc1C. The molecule has 0 saturated heterocycles. The first-order valence-electron chi connectivity index (χ1n) is 13.3. The number of rotatable bonds is 11. The number of aliphatic hydroxyl groups is 1. The summed E-state index contributed by atoms with van der Waals surface area (Å²) >= 11 is 0. The van der Waals surface area contributed by atoms with E-state index in [2.05, 4.69) is 17.6 Å². The van der Waals surface area contributed by atoms with Crippen LogP contribution < -0.4 is 10.6 Å². The van der Waals surface area contributed by atoms with E-state index in [1.807, 2.05) is 31.2 Å². The van der Waals surface area contributed by atoms with Crippen LogP contribution in [0.5, 0.6) is 0 Å². The van der Waals surface area contributed by atoms with E-state index in [-0.39, 0.29) is 11.9 Å². The zero-order valence-corrected chi connectivity index (χ0v) is 22.6. The molecule has 0 aromatic heterocycles. The summed E-state index contributed by atoms with van der Waals surface area (Å²) in [5.41, 5.74) is 0.886. The maximum Gasteiger partial charge on any atom is 0.408 e. The highest BCUT2D eigenvalue weighted by molar-refractivity contribution is 5.92. The van der Waals surface area contributed by atoms with Gasteiger partial charge in [-0.2, -0.15) is 0 Å². The lowest BCUT2D eigenvalue weighted by molar-refractivity contribution is -0.143. The molecular weight excluding hydrogens is 458 g/mol. The second kappa shape index (κ2) is 14.2. The predicted molar refractivity (Wildman–Crippen MR) is 140 cm³/mol. The zero-order chi connectivity index (χ0) is 26.7. The highest BCUT2D eigenvalue weighted by Gasteiger charge is 2.37. The normalized spacial score (nSPS) is 16.1. The van der Waals surface area contributed by atoms with E-state index in [4.69, 9.17) is 4.74 Å². The fraction of sp³-hybridized carbons (Fsp3) is 0.679. The topological polar surface area (TPSA) is 108 Å². The zero-order valence-electron chi connectivity index (χ0n) is 22.6. The van der Waals surface area contributed by atoms with Crippen molar-refractivity contribution in [3.63, 3.8) is 0 Å². The van der Waals surface area contributed by atoms with E-state index in [0.29, 0.717) is 13.0 Å². The lowest BCUT2D eigenvalue weighted by Gasteiger charge is -2.36. The third-order valence-electron chi connectivity index (χ3n) is 6.45. The van der Waals surface area contributed by atoms with Crippen LogP contribution in [-0.2, 0) is 14.3 Å². The van der Waals surface area contributed by atoms with E-state index in [1.54, 1.807) is 20.8 Å². The van der Waals surface area contributed by atoms with Crippen molar-refractivity contribution in [2.45, 2.75) is 110 Å². The van der Waals surface area contributed by atoms with E-state index >= 15 is 0 Å². The van der Waals surface area contributed by atoms with Crippen molar-refractivity contribution in [2.24, 2.45) is 0 Å². The molecule has 0 heterocycles. The molecule has 3 amide bonds. The minimum atomic E-state index is -1.23. The first-order chi connectivity index (χ1) is 17.1. The molecule has 8 nitrogen and oxygen atoms in total. The predicted octanol–water partition coefficient (Wildman–Crippen LogP) is 4.39. The molecule has 2 atom stereocenters. The molecule has 0 bridgehead atoms. The summed E-state index contributed by atoms with van der Waals surface area (Å²) in [7, 11) is 0. The molecule has 1 aliphatic rings. The van der Waals surface area contributed by atoms with Gasteiger partial charge < -0.3 is 25.4 Å². The Labute approximate surface area is 216 Å². The minimum Gasteiger partial charge on any atom is -0.444 e. The van der Waals surface area contributed by atoms with Gasteiger partial charge in [0.25, 0.3) is 0 Å². The fourth-order valence-corrected chi connectivity index (χ4v) is 4.61. The number of unbranched alkanes of at least 4 members (excludes halogenated alkanes) is 2. The number of ether oxygens (including phenoxy) is 1. The summed E-state index contributed by atoms with van der Waals surface area (Å²) in [5, 5.41) is 15.7. The number of benzene rings is 1. The van der Waals surface area contributed by atoms with Crippen LogP contribution in [-0.4, -0.2) is 58.8 Å².